The van der Waals surface area contributed by atoms with Crippen LogP contribution in [0.1, 0.15) is 66.2 Å². The fraction of sp³-hybridized carbons (Fsp3) is 0.913. The monoisotopic (exact) mass is 439 g/mol. The van der Waals surface area contributed by atoms with Crippen LogP contribution in [-0.2, 0) is 23.8 Å². The van der Waals surface area contributed by atoms with Crippen molar-refractivity contribution in [3.8, 4) is 0 Å². The second-order valence-corrected chi connectivity index (χ2v) is 9.88. The molecule has 0 spiro atoms. The normalized spacial score (nSPS) is 28.1. The number of rotatable bonds is 7. The number of piperazine rings is 1. The molecule has 3 fully saturated rings. The summed E-state index contributed by atoms with van der Waals surface area (Å²) >= 11 is 0. The minimum Gasteiger partial charge on any atom is -0.466 e. The molecule has 2 heterocycles. The molecule has 0 radical (unpaired) electrons. The van der Waals surface area contributed by atoms with Gasteiger partial charge in [-0.2, -0.15) is 0 Å². The van der Waals surface area contributed by atoms with Crippen molar-refractivity contribution in [1.29, 1.82) is 0 Å². The van der Waals surface area contributed by atoms with Gasteiger partial charge in [0.15, 0.2) is 0 Å². The third-order valence-corrected chi connectivity index (χ3v) is 6.37. The van der Waals surface area contributed by atoms with Gasteiger partial charge in [0.2, 0.25) is 0 Å². The number of carbonyl (C=O) groups excluding carboxylic acids is 2. The first-order valence-corrected chi connectivity index (χ1v) is 12.0. The van der Waals surface area contributed by atoms with Gasteiger partial charge in [0.05, 0.1) is 18.6 Å². The molecule has 0 aromatic heterocycles. The SMILES string of the molecule is CCOC(=O)C1CCC(OC(C(=O)OC(C)(C)C)(N2CCCC2)N2CCNCC2)CC1. The molecule has 31 heavy (non-hydrogen) atoms. The molecule has 1 N–H and O–H groups in total. The van der Waals surface area contributed by atoms with Gasteiger partial charge in [-0.3, -0.25) is 14.6 Å². The number of ether oxygens (including phenoxy) is 3. The van der Waals surface area contributed by atoms with Crippen LogP contribution in [0.3, 0.4) is 0 Å². The van der Waals surface area contributed by atoms with Crippen molar-refractivity contribution in [1.82, 2.24) is 15.1 Å². The Labute approximate surface area is 186 Å². The van der Waals surface area contributed by atoms with E-state index in [0.717, 1.165) is 77.8 Å². The average Bonchev–Trinajstić information content (AvgIpc) is 3.27. The van der Waals surface area contributed by atoms with E-state index in [4.69, 9.17) is 14.2 Å². The summed E-state index contributed by atoms with van der Waals surface area (Å²) in [6, 6.07) is 0. The van der Waals surface area contributed by atoms with Gasteiger partial charge in [-0.25, -0.2) is 4.79 Å². The van der Waals surface area contributed by atoms with Crippen LogP contribution in [0.25, 0.3) is 0 Å². The van der Waals surface area contributed by atoms with Gasteiger partial charge >= 0.3 is 11.9 Å². The molecule has 2 saturated heterocycles. The van der Waals surface area contributed by atoms with E-state index < -0.39 is 11.4 Å². The summed E-state index contributed by atoms with van der Waals surface area (Å²) in [5.74, 6) is -1.69. The molecule has 0 aromatic carbocycles. The number of esters is 2. The minimum absolute atomic E-state index is 0.0679. The molecule has 3 rings (SSSR count). The lowest BCUT2D eigenvalue weighted by molar-refractivity contribution is -0.278. The van der Waals surface area contributed by atoms with Crippen molar-refractivity contribution in [2.24, 2.45) is 5.92 Å². The Kier molecular flexibility index (Phi) is 8.35. The van der Waals surface area contributed by atoms with Gasteiger partial charge in [0.25, 0.3) is 5.85 Å². The Hall–Kier alpha value is -1.22. The zero-order valence-corrected chi connectivity index (χ0v) is 19.8. The summed E-state index contributed by atoms with van der Waals surface area (Å²) in [7, 11) is 0. The van der Waals surface area contributed by atoms with Crippen LogP contribution in [0.4, 0.5) is 0 Å². The lowest BCUT2D eigenvalue weighted by Gasteiger charge is -2.50. The lowest BCUT2D eigenvalue weighted by Crippen LogP contribution is -2.71. The molecule has 0 amide bonds. The fourth-order valence-electron chi connectivity index (χ4n) is 4.90. The summed E-state index contributed by atoms with van der Waals surface area (Å²) in [4.78, 5) is 30.3. The summed E-state index contributed by atoms with van der Waals surface area (Å²) < 4.78 is 18.0. The summed E-state index contributed by atoms with van der Waals surface area (Å²) in [5.41, 5.74) is -0.596. The zero-order chi connectivity index (χ0) is 22.5. The molecule has 2 aliphatic heterocycles. The van der Waals surface area contributed by atoms with E-state index in [2.05, 4.69) is 15.1 Å². The largest absolute Gasteiger partial charge is 0.466 e. The van der Waals surface area contributed by atoms with E-state index in [1.807, 2.05) is 27.7 Å². The van der Waals surface area contributed by atoms with E-state index >= 15 is 0 Å². The fourth-order valence-corrected chi connectivity index (χ4v) is 4.90. The molecule has 3 aliphatic rings. The first-order valence-electron chi connectivity index (χ1n) is 12.0. The highest BCUT2D eigenvalue weighted by molar-refractivity contribution is 5.79. The van der Waals surface area contributed by atoms with Gasteiger partial charge in [0, 0.05) is 39.3 Å². The van der Waals surface area contributed by atoms with Gasteiger partial charge in [-0.1, -0.05) is 0 Å². The first kappa shape index (κ1) is 24.4. The maximum atomic E-state index is 13.8. The molecule has 1 saturated carbocycles. The second kappa shape index (κ2) is 10.6. The summed E-state index contributed by atoms with van der Waals surface area (Å²) in [6.07, 6.45) is 4.96. The van der Waals surface area contributed by atoms with Gasteiger partial charge in [0.1, 0.15) is 5.60 Å². The molecule has 1 unspecified atom stereocenters. The molecule has 1 atom stereocenters. The first-order chi connectivity index (χ1) is 14.8. The van der Waals surface area contributed by atoms with Crippen LogP contribution in [0.5, 0.6) is 0 Å². The predicted molar refractivity (Wildman–Crippen MR) is 117 cm³/mol. The Bertz CT molecular complexity index is 603. The van der Waals surface area contributed by atoms with Crippen LogP contribution in [0, 0.1) is 5.92 Å². The third kappa shape index (κ3) is 5.97. The Balaban J connectivity index is 1.82. The Morgan fingerprint density at radius 3 is 2.06 bits per heavy atom. The number of nitrogens with one attached hydrogen (secondary N) is 1. The lowest BCUT2D eigenvalue weighted by atomic mass is 9.87. The topological polar surface area (TPSA) is 80.3 Å². The maximum Gasteiger partial charge on any atom is 0.371 e. The van der Waals surface area contributed by atoms with Gasteiger partial charge in [-0.15, -0.1) is 0 Å². The molecule has 178 valence electrons. The molecule has 8 nitrogen and oxygen atoms in total. The van der Waals surface area contributed by atoms with Crippen LogP contribution in [0.2, 0.25) is 0 Å². The van der Waals surface area contributed by atoms with Crippen molar-refractivity contribution >= 4 is 11.9 Å². The maximum absolute atomic E-state index is 13.8. The van der Waals surface area contributed by atoms with Gasteiger partial charge < -0.3 is 19.5 Å². The highest BCUT2D eigenvalue weighted by Gasteiger charge is 2.55. The number of carbonyl (C=O) groups is 2. The highest BCUT2D eigenvalue weighted by atomic mass is 16.6. The van der Waals surface area contributed by atoms with Crippen LogP contribution >= 0.6 is 0 Å². The van der Waals surface area contributed by atoms with Crippen molar-refractivity contribution in [2.75, 3.05) is 45.9 Å². The standard InChI is InChI=1S/C23H41N3O5/c1-5-29-20(27)18-8-10-19(11-9-18)30-23(25-14-6-7-15-25,21(28)31-22(2,3)4)26-16-12-24-13-17-26/h18-19,24H,5-17H2,1-4H3. The average molecular weight is 440 g/mol. The molecular formula is C23H41N3O5. The summed E-state index contributed by atoms with van der Waals surface area (Å²) in [5, 5.41) is 3.38. The van der Waals surface area contributed by atoms with E-state index in [-0.39, 0.29) is 24.0 Å². The summed E-state index contributed by atoms with van der Waals surface area (Å²) in [6.45, 7) is 12.7. The minimum atomic E-state index is -1.20. The second-order valence-electron chi connectivity index (χ2n) is 9.88. The van der Waals surface area contributed by atoms with Crippen molar-refractivity contribution < 1.29 is 23.8 Å². The third-order valence-electron chi connectivity index (χ3n) is 6.37. The van der Waals surface area contributed by atoms with E-state index in [9.17, 15) is 9.59 Å². The Morgan fingerprint density at radius 2 is 1.52 bits per heavy atom. The smallest absolute Gasteiger partial charge is 0.371 e. The molecule has 1 aliphatic carbocycles. The molecule has 0 bridgehead atoms. The molecule has 8 heteroatoms. The number of likely N-dealkylation sites (tertiary alicyclic amines) is 1. The molecular weight excluding hydrogens is 398 g/mol. The van der Waals surface area contributed by atoms with Gasteiger partial charge in [-0.05, 0) is 66.2 Å². The van der Waals surface area contributed by atoms with Crippen LogP contribution < -0.4 is 5.32 Å². The van der Waals surface area contributed by atoms with Crippen molar-refractivity contribution in [2.45, 2.75) is 83.8 Å². The predicted octanol–water partition coefficient (Wildman–Crippen LogP) is 2.12. The highest BCUT2D eigenvalue weighted by Crippen LogP contribution is 2.36. The number of hydrogen-bond acceptors (Lipinski definition) is 8. The van der Waals surface area contributed by atoms with Crippen LogP contribution in [0.15, 0.2) is 0 Å². The zero-order valence-electron chi connectivity index (χ0n) is 19.8. The van der Waals surface area contributed by atoms with Crippen molar-refractivity contribution in [3.63, 3.8) is 0 Å². The Morgan fingerprint density at radius 1 is 0.935 bits per heavy atom. The van der Waals surface area contributed by atoms with E-state index in [1.165, 1.54) is 0 Å². The van der Waals surface area contributed by atoms with Crippen molar-refractivity contribution in [3.05, 3.63) is 0 Å². The van der Waals surface area contributed by atoms with E-state index in [1.54, 1.807) is 0 Å². The van der Waals surface area contributed by atoms with E-state index in [0.29, 0.717) is 6.61 Å². The molecule has 0 aromatic rings. The quantitative estimate of drug-likeness (QED) is 0.605. The number of nitrogens with zero attached hydrogens (tertiary/aromatic N) is 2. The van der Waals surface area contributed by atoms with Crippen LogP contribution in [-0.4, -0.2) is 85.2 Å². The number of hydrogen-bond donors (Lipinski definition) is 1.